The lowest BCUT2D eigenvalue weighted by Gasteiger charge is -2.39. The van der Waals surface area contributed by atoms with E-state index < -0.39 is 105 Å². The van der Waals surface area contributed by atoms with Gasteiger partial charge in [-0.1, -0.05) is 12.1 Å². The summed E-state index contributed by atoms with van der Waals surface area (Å²) in [6, 6.07) is 12.1. The van der Waals surface area contributed by atoms with E-state index in [-0.39, 0.29) is 45.7 Å². The average molecular weight is 731 g/mol. The van der Waals surface area contributed by atoms with Gasteiger partial charge in [-0.15, -0.1) is 0 Å². The molecular formula is C37H30O16. The normalized spacial score (nSPS) is 20.4. The van der Waals surface area contributed by atoms with Crippen LogP contribution in [0.5, 0.6) is 74.7 Å². The smallest absolute Gasteiger partial charge is 0.338 e. The number of phenolic OH excluding ortho intramolecular Hbond substituents is 11. The fourth-order valence-electron chi connectivity index (χ4n) is 6.71. The number of aliphatic hydroxyl groups is 1. The molecule has 16 heteroatoms. The first kappa shape index (κ1) is 34.4. The van der Waals surface area contributed by atoms with Crippen molar-refractivity contribution in [1.82, 2.24) is 0 Å². The highest BCUT2D eigenvalue weighted by molar-refractivity contribution is 5.91. The molecule has 2 heterocycles. The van der Waals surface area contributed by atoms with E-state index in [0.29, 0.717) is 0 Å². The van der Waals surface area contributed by atoms with Crippen molar-refractivity contribution in [2.24, 2.45) is 0 Å². The number of esters is 1. The highest BCUT2D eigenvalue weighted by Crippen LogP contribution is 2.57. The number of carbonyl (C=O) groups excluding carboxylic acids is 1. The van der Waals surface area contributed by atoms with Crippen LogP contribution in [0.2, 0.25) is 0 Å². The van der Waals surface area contributed by atoms with E-state index in [2.05, 4.69) is 0 Å². The fraction of sp³-hybridized carbons (Fsp3) is 0.162. The molecule has 53 heavy (non-hydrogen) atoms. The molecule has 7 rings (SSSR count). The zero-order chi connectivity index (χ0) is 38.0. The first-order chi connectivity index (χ1) is 25.1. The third kappa shape index (κ3) is 5.85. The van der Waals surface area contributed by atoms with Crippen LogP contribution in [0.15, 0.2) is 66.7 Å². The third-order valence-electron chi connectivity index (χ3n) is 9.23. The van der Waals surface area contributed by atoms with Gasteiger partial charge < -0.3 is 75.5 Å². The molecule has 0 amide bonds. The van der Waals surface area contributed by atoms with Crippen LogP contribution in [0.1, 0.15) is 56.3 Å². The summed E-state index contributed by atoms with van der Waals surface area (Å²) in [4.78, 5) is 13.4. The van der Waals surface area contributed by atoms with Gasteiger partial charge in [0.25, 0.3) is 0 Å². The van der Waals surface area contributed by atoms with Crippen LogP contribution in [0.4, 0.5) is 0 Å². The molecule has 2 aliphatic rings. The monoisotopic (exact) mass is 730 g/mol. The Labute approximate surface area is 297 Å². The van der Waals surface area contributed by atoms with E-state index in [1.807, 2.05) is 0 Å². The molecular weight excluding hydrogens is 700 g/mol. The van der Waals surface area contributed by atoms with Gasteiger partial charge in [-0.3, -0.25) is 0 Å². The predicted molar refractivity (Wildman–Crippen MR) is 178 cm³/mol. The lowest BCUT2D eigenvalue weighted by molar-refractivity contribution is -0.0191. The van der Waals surface area contributed by atoms with E-state index >= 15 is 0 Å². The summed E-state index contributed by atoms with van der Waals surface area (Å²) in [5, 5.41) is 126. The Hall–Kier alpha value is -7.07. The number of aliphatic hydroxyl groups excluding tert-OH is 1. The molecule has 2 aliphatic heterocycles. The summed E-state index contributed by atoms with van der Waals surface area (Å²) in [7, 11) is 0. The molecule has 0 bridgehead atoms. The highest BCUT2D eigenvalue weighted by Gasteiger charge is 2.46. The Morgan fingerprint density at radius 3 is 1.74 bits per heavy atom. The van der Waals surface area contributed by atoms with Crippen molar-refractivity contribution in [2.45, 2.75) is 36.8 Å². The van der Waals surface area contributed by atoms with Gasteiger partial charge in [-0.05, 0) is 42.0 Å². The third-order valence-corrected chi connectivity index (χ3v) is 9.23. The molecule has 5 aromatic rings. The van der Waals surface area contributed by atoms with Gasteiger partial charge >= 0.3 is 5.97 Å². The molecule has 274 valence electrons. The van der Waals surface area contributed by atoms with Crippen molar-refractivity contribution in [2.75, 3.05) is 0 Å². The molecule has 0 saturated heterocycles. The van der Waals surface area contributed by atoms with Crippen molar-refractivity contribution in [3.8, 4) is 74.7 Å². The average Bonchev–Trinajstić information content (AvgIpc) is 3.10. The first-order valence-electron chi connectivity index (χ1n) is 15.8. The van der Waals surface area contributed by atoms with E-state index in [1.54, 1.807) is 0 Å². The van der Waals surface area contributed by atoms with Gasteiger partial charge in [0.1, 0.15) is 46.7 Å². The Morgan fingerprint density at radius 1 is 0.566 bits per heavy atom. The quantitative estimate of drug-likeness (QED) is 0.0899. The topological polar surface area (TPSA) is 288 Å². The van der Waals surface area contributed by atoms with E-state index in [9.17, 15) is 66.1 Å². The maximum absolute atomic E-state index is 13.4. The minimum Gasteiger partial charge on any atom is -0.508 e. The number of benzene rings is 5. The van der Waals surface area contributed by atoms with Crippen molar-refractivity contribution in [3.05, 3.63) is 100 Å². The molecule has 0 saturated carbocycles. The molecule has 0 spiro atoms. The molecule has 0 aliphatic carbocycles. The van der Waals surface area contributed by atoms with Crippen LogP contribution in [0, 0.1) is 0 Å². The van der Waals surface area contributed by atoms with Gasteiger partial charge in [0, 0.05) is 46.9 Å². The molecule has 12 N–H and O–H groups in total. The van der Waals surface area contributed by atoms with Gasteiger partial charge in [0.05, 0.1) is 11.5 Å². The zero-order valence-electron chi connectivity index (χ0n) is 26.9. The minimum atomic E-state index is -1.72. The van der Waals surface area contributed by atoms with Crippen LogP contribution in [-0.4, -0.2) is 79.5 Å². The zero-order valence-corrected chi connectivity index (χ0v) is 26.9. The summed E-state index contributed by atoms with van der Waals surface area (Å²) in [5.41, 5.74) is -0.657. The second-order valence-electron chi connectivity index (χ2n) is 12.6. The van der Waals surface area contributed by atoms with Gasteiger partial charge in [0.2, 0.25) is 0 Å². The number of ether oxygens (including phenoxy) is 3. The second-order valence-corrected chi connectivity index (χ2v) is 12.6. The largest absolute Gasteiger partial charge is 0.508 e. The minimum absolute atomic E-state index is 0.0661. The molecule has 16 nitrogen and oxygen atoms in total. The van der Waals surface area contributed by atoms with Crippen molar-refractivity contribution >= 4 is 5.97 Å². The Bertz CT molecular complexity index is 2280. The fourth-order valence-corrected chi connectivity index (χ4v) is 6.71. The molecule has 0 aromatic heterocycles. The second kappa shape index (κ2) is 12.6. The van der Waals surface area contributed by atoms with Gasteiger partial charge in [-0.25, -0.2) is 4.79 Å². The van der Waals surface area contributed by atoms with Crippen molar-refractivity contribution in [1.29, 1.82) is 0 Å². The van der Waals surface area contributed by atoms with E-state index in [0.717, 1.165) is 54.6 Å². The van der Waals surface area contributed by atoms with Crippen LogP contribution in [-0.2, 0) is 11.2 Å². The number of phenols is 11. The standard InChI is InChI=1S/C37H30O16/c38-16-9-22(43)29-27(10-16)52-36(14-2-4-19(40)21(42)6-14)34(49)31(29)30-23(44)12-26-17(32(30)47)11-28(35(51-26)13-1-3-18(39)20(41)5-13)53-37(50)15-7-24(45)33(48)25(46)8-15/h1-10,12,28,31,34-36,38-49H,11H2/t28-,31-,34+,35-,36+/m0/s1. The van der Waals surface area contributed by atoms with Crippen molar-refractivity contribution in [3.63, 3.8) is 0 Å². The molecule has 5 aromatic carbocycles. The number of carbonyl (C=O) groups is 1. The molecule has 0 radical (unpaired) electrons. The number of rotatable bonds is 5. The molecule has 0 fully saturated rings. The van der Waals surface area contributed by atoms with E-state index in [1.165, 1.54) is 12.1 Å². The molecule has 0 unspecified atom stereocenters. The summed E-state index contributed by atoms with van der Waals surface area (Å²) < 4.78 is 17.8. The van der Waals surface area contributed by atoms with E-state index in [4.69, 9.17) is 14.2 Å². The van der Waals surface area contributed by atoms with Gasteiger partial charge in [0.15, 0.2) is 52.5 Å². The maximum Gasteiger partial charge on any atom is 0.338 e. The predicted octanol–water partition coefficient (Wildman–Crippen LogP) is 3.98. The Balaban J connectivity index is 1.35. The van der Waals surface area contributed by atoms with Crippen LogP contribution in [0.3, 0.4) is 0 Å². The maximum atomic E-state index is 13.4. The summed E-state index contributed by atoms with van der Waals surface area (Å²) in [5.74, 6) is -9.82. The van der Waals surface area contributed by atoms with Gasteiger partial charge in [-0.2, -0.15) is 0 Å². The number of fused-ring (bicyclic) bond motifs is 2. The first-order valence-corrected chi connectivity index (χ1v) is 15.8. The van der Waals surface area contributed by atoms with Crippen LogP contribution >= 0.6 is 0 Å². The summed E-state index contributed by atoms with van der Waals surface area (Å²) in [6.45, 7) is 0. The number of aromatic hydroxyl groups is 11. The summed E-state index contributed by atoms with van der Waals surface area (Å²) in [6.07, 6.45) is -6.10. The SMILES string of the molecule is O=C(O[C@H]1Cc2c(cc(O)c([C@@H]3c4c(O)cc(O)cc4O[C@H](c4ccc(O)c(O)c4)[C@@H]3O)c2O)O[C@H]1c1ccc(O)c(O)c1)c1cc(O)c(O)c(O)c1. The van der Waals surface area contributed by atoms with Crippen LogP contribution < -0.4 is 9.47 Å². The molecule has 5 atom stereocenters. The Morgan fingerprint density at radius 2 is 1.13 bits per heavy atom. The highest BCUT2D eigenvalue weighted by atomic mass is 16.6. The lowest BCUT2D eigenvalue weighted by Crippen LogP contribution is -2.36. The summed E-state index contributed by atoms with van der Waals surface area (Å²) >= 11 is 0. The van der Waals surface area contributed by atoms with Crippen LogP contribution in [0.25, 0.3) is 0 Å². The van der Waals surface area contributed by atoms with Crippen molar-refractivity contribution < 1.29 is 80.3 Å². The number of hydrogen-bond acceptors (Lipinski definition) is 16. The lowest BCUT2D eigenvalue weighted by atomic mass is 9.77. The number of hydrogen-bond donors (Lipinski definition) is 12. The Kier molecular flexibility index (Phi) is 8.18.